The zero-order chi connectivity index (χ0) is 19.0. The molecule has 0 N–H and O–H groups in total. The zero-order valence-corrected chi connectivity index (χ0v) is 15.4. The molecule has 0 saturated heterocycles. The van der Waals surface area contributed by atoms with Crippen molar-refractivity contribution in [1.82, 2.24) is 0 Å². The Bertz CT molecular complexity index is 1070. The third-order valence-electron chi connectivity index (χ3n) is 4.79. The van der Waals surface area contributed by atoms with Gasteiger partial charge in [0.15, 0.2) is 0 Å². The average molecular weight is 385 g/mol. The summed E-state index contributed by atoms with van der Waals surface area (Å²) in [5.41, 5.74) is 2.43. The number of hydrogen-bond donors (Lipinski definition) is 0. The Balaban J connectivity index is 1.79. The molecular formula is C21H17ClO5. The molecule has 27 heavy (non-hydrogen) atoms. The summed E-state index contributed by atoms with van der Waals surface area (Å²) < 4.78 is 16.2. The van der Waals surface area contributed by atoms with E-state index in [0.717, 1.165) is 35.8 Å². The standard InChI is InChI=1S/C21H17ClO5/c1-25-21(24)19(12-6-3-2-4-7-12)26-18-11-17-15(10-16(18)22)13-8-5-9-14(13)20(23)27-17/h2-4,6-7,10-11,19H,5,8-9H2,1H3. The predicted molar refractivity (Wildman–Crippen MR) is 101 cm³/mol. The summed E-state index contributed by atoms with van der Waals surface area (Å²) in [5.74, 6) is -0.294. The van der Waals surface area contributed by atoms with Crippen molar-refractivity contribution in [1.29, 1.82) is 0 Å². The summed E-state index contributed by atoms with van der Waals surface area (Å²) in [6.45, 7) is 0. The number of carbonyl (C=O) groups excluding carboxylic acids is 1. The molecule has 0 saturated carbocycles. The van der Waals surface area contributed by atoms with Crippen molar-refractivity contribution in [2.24, 2.45) is 0 Å². The van der Waals surface area contributed by atoms with Crippen LogP contribution in [0.1, 0.15) is 29.2 Å². The number of rotatable bonds is 4. The summed E-state index contributed by atoms with van der Waals surface area (Å²) in [4.78, 5) is 24.4. The van der Waals surface area contributed by atoms with Gasteiger partial charge in [-0.1, -0.05) is 41.9 Å². The lowest BCUT2D eigenvalue weighted by Crippen LogP contribution is -2.20. The van der Waals surface area contributed by atoms with E-state index in [1.807, 2.05) is 6.07 Å². The molecule has 138 valence electrons. The molecule has 0 fully saturated rings. The largest absolute Gasteiger partial charge is 0.472 e. The van der Waals surface area contributed by atoms with E-state index >= 15 is 0 Å². The van der Waals surface area contributed by atoms with Crippen molar-refractivity contribution >= 4 is 28.5 Å². The van der Waals surface area contributed by atoms with Crippen molar-refractivity contribution < 1.29 is 18.7 Å². The summed E-state index contributed by atoms with van der Waals surface area (Å²) in [6, 6.07) is 12.3. The van der Waals surface area contributed by atoms with Crippen molar-refractivity contribution in [3.05, 3.63) is 74.6 Å². The van der Waals surface area contributed by atoms with Crippen molar-refractivity contribution in [2.75, 3.05) is 7.11 Å². The van der Waals surface area contributed by atoms with E-state index in [2.05, 4.69) is 0 Å². The molecule has 0 amide bonds. The van der Waals surface area contributed by atoms with Gasteiger partial charge in [0.05, 0.1) is 12.1 Å². The number of ether oxygens (including phenoxy) is 2. The average Bonchev–Trinajstić information content (AvgIpc) is 3.18. The van der Waals surface area contributed by atoms with E-state index in [1.165, 1.54) is 7.11 Å². The van der Waals surface area contributed by atoms with Crippen molar-refractivity contribution in [3.63, 3.8) is 0 Å². The maximum absolute atomic E-state index is 12.2. The van der Waals surface area contributed by atoms with Gasteiger partial charge in [-0.05, 0) is 30.9 Å². The molecule has 3 aromatic rings. The number of aryl methyl sites for hydroxylation is 1. The van der Waals surface area contributed by atoms with Gasteiger partial charge in [0.25, 0.3) is 0 Å². The van der Waals surface area contributed by atoms with Crippen LogP contribution in [-0.2, 0) is 22.4 Å². The molecule has 0 radical (unpaired) electrons. The molecule has 1 aliphatic rings. The predicted octanol–water partition coefficient (Wildman–Crippen LogP) is 4.23. The fourth-order valence-corrected chi connectivity index (χ4v) is 3.70. The Labute approximate surface area is 160 Å². The Morgan fingerprint density at radius 1 is 1.15 bits per heavy atom. The van der Waals surface area contributed by atoms with Crippen molar-refractivity contribution in [2.45, 2.75) is 25.4 Å². The first-order valence-corrected chi connectivity index (χ1v) is 9.04. The number of esters is 1. The summed E-state index contributed by atoms with van der Waals surface area (Å²) in [7, 11) is 1.30. The molecule has 4 rings (SSSR count). The minimum Gasteiger partial charge on any atom is -0.472 e. The van der Waals surface area contributed by atoms with E-state index in [9.17, 15) is 9.59 Å². The molecule has 2 aromatic carbocycles. The van der Waals surface area contributed by atoms with Crippen LogP contribution in [0.2, 0.25) is 5.02 Å². The molecular weight excluding hydrogens is 368 g/mol. The van der Waals surface area contributed by atoms with Crippen molar-refractivity contribution in [3.8, 4) is 5.75 Å². The molecule has 0 bridgehead atoms. The number of carbonyl (C=O) groups is 1. The molecule has 1 atom stereocenters. The van der Waals surface area contributed by atoms with Gasteiger partial charge in [-0.15, -0.1) is 0 Å². The highest BCUT2D eigenvalue weighted by atomic mass is 35.5. The topological polar surface area (TPSA) is 65.7 Å². The van der Waals surface area contributed by atoms with Crippen LogP contribution in [0, 0.1) is 0 Å². The van der Waals surface area contributed by atoms with Gasteiger partial charge < -0.3 is 13.9 Å². The summed E-state index contributed by atoms with van der Waals surface area (Å²) in [6.07, 6.45) is 1.49. The SMILES string of the molecule is COC(=O)C(Oc1cc2oc(=O)c3c(c2cc1Cl)CCC3)c1ccccc1. The first-order chi connectivity index (χ1) is 13.1. The molecule has 1 heterocycles. The number of benzene rings is 2. The summed E-state index contributed by atoms with van der Waals surface area (Å²) in [5, 5.41) is 1.16. The second-order valence-electron chi connectivity index (χ2n) is 6.41. The number of methoxy groups -OCH3 is 1. The van der Waals surface area contributed by atoms with Gasteiger partial charge in [-0.2, -0.15) is 0 Å². The third kappa shape index (κ3) is 3.19. The quantitative estimate of drug-likeness (QED) is 0.497. The van der Waals surface area contributed by atoms with Crippen LogP contribution < -0.4 is 10.4 Å². The maximum atomic E-state index is 12.2. The summed E-state index contributed by atoms with van der Waals surface area (Å²) >= 11 is 6.43. The second kappa shape index (κ2) is 7.08. The number of fused-ring (bicyclic) bond motifs is 3. The van der Waals surface area contributed by atoms with Crippen LogP contribution >= 0.6 is 11.6 Å². The van der Waals surface area contributed by atoms with E-state index in [-0.39, 0.29) is 11.4 Å². The normalized spacial score (nSPS) is 14.0. The van der Waals surface area contributed by atoms with Crippen LogP contribution in [-0.4, -0.2) is 13.1 Å². The highest BCUT2D eigenvalue weighted by Gasteiger charge is 2.26. The second-order valence-corrected chi connectivity index (χ2v) is 6.82. The highest BCUT2D eigenvalue weighted by Crippen LogP contribution is 2.36. The molecule has 1 aliphatic carbocycles. The van der Waals surface area contributed by atoms with Gasteiger partial charge in [-0.3, -0.25) is 0 Å². The van der Waals surface area contributed by atoms with Crippen LogP contribution in [0.15, 0.2) is 51.7 Å². The molecule has 5 nitrogen and oxygen atoms in total. The lowest BCUT2D eigenvalue weighted by atomic mass is 10.1. The molecule has 0 aliphatic heterocycles. The van der Waals surface area contributed by atoms with Gasteiger partial charge >= 0.3 is 11.6 Å². The van der Waals surface area contributed by atoms with Gasteiger partial charge in [0, 0.05) is 22.6 Å². The monoisotopic (exact) mass is 384 g/mol. The van der Waals surface area contributed by atoms with E-state index in [1.54, 1.807) is 36.4 Å². The van der Waals surface area contributed by atoms with Crippen LogP contribution in [0.4, 0.5) is 0 Å². The van der Waals surface area contributed by atoms with Gasteiger partial charge in [0.1, 0.15) is 11.3 Å². The number of halogens is 1. The van der Waals surface area contributed by atoms with Gasteiger partial charge in [0.2, 0.25) is 6.10 Å². The van der Waals surface area contributed by atoms with Crippen LogP contribution in [0.5, 0.6) is 5.75 Å². The van der Waals surface area contributed by atoms with Gasteiger partial charge in [-0.25, -0.2) is 9.59 Å². The lowest BCUT2D eigenvalue weighted by molar-refractivity contribution is -0.149. The molecule has 6 heteroatoms. The Morgan fingerprint density at radius 2 is 1.89 bits per heavy atom. The van der Waals surface area contributed by atoms with E-state index in [4.69, 9.17) is 25.5 Å². The Hall–Kier alpha value is -2.79. The first-order valence-electron chi connectivity index (χ1n) is 8.66. The molecule has 1 aromatic heterocycles. The third-order valence-corrected chi connectivity index (χ3v) is 5.08. The minimum atomic E-state index is -0.979. The Kier molecular flexibility index (Phi) is 4.62. The minimum absolute atomic E-state index is 0.254. The van der Waals surface area contributed by atoms with E-state index in [0.29, 0.717) is 16.2 Å². The number of hydrogen-bond acceptors (Lipinski definition) is 5. The fourth-order valence-electron chi connectivity index (χ4n) is 3.49. The van der Waals surface area contributed by atoms with Crippen LogP contribution in [0.3, 0.4) is 0 Å². The zero-order valence-electron chi connectivity index (χ0n) is 14.7. The lowest BCUT2D eigenvalue weighted by Gasteiger charge is -2.18. The fraction of sp³-hybridized carbons (Fsp3) is 0.238. The highest BCUT2D eigenvalue weighted by molar-refractivity contribution is 6.32. The molecule has 0 spiro atoms. The molecule has 1 unspecified atom stereocenters. The van der Waals surface area contributed by atoms with Crippen LogP contribution in [0.25, 0.3) is 11.0 Å². The van der Waals surface area contributed by atoms with E-state index < -0.39 is 12.1 Å². The maximum Gasteiger partial charge on any atom is 0.351 e. The smallest absolute Gasteiger partial charge is 0.351 e. The first kappa shape index (κ1) is 17.6. The Morgan fingerprint density at radius 3 is 2.63 bits per heavy atom.